The number of hydrogen-bond acceptors (Lipinski definition) is 4. The smallest absolute Gasteiger partial charge is 0.313 e. The summed E-state index contributed by atoms with van der Waals surface area (Å²) in [6.45, 7) is 2.07. The second-order valence-electron chi connectivity index (χ2n) is 5.31. The zero-order chi connectivity index (χ0) is 16.7. The Balaban J connectivity index is 1.73. The van der Waals surface area contributed by atoms with E-state index in [4.69, 9.17) is 5.11 Å². The quantitative estimate of drug-likeness (QED) is 0.828. The van der Waals surface area contributed by atoms with Gasteiger partial charge in [-0.15, -0.1) is 11.8 Å². The summed E-state index contributed by atoms with van der Waals surface area (Å²) < 4.78 is 0. The van der Waals surface area contributed by atoms with Crippen molar-refractivity contribution in [1.82, 2.24) is 9.80 Å². The molecule has 0 aliphatic carbocycles. The highest BCUT2D eigenvalue weighted by Crippen LogP contribution is 2.09. The number of amides is 2. The van der Waals surface area contributed by atoms with Crippen molar-refractivity contribution in [2.75, 3.05) is 37.7 Å². The van der Waals surface area contributed by atoms with Crippen molar-refractivity contribution in [3.63, 3.8) is 0 Å². The van der Waals surface area contributed by atoms with E-state index in [1.54, 1.807) is 9.80 Å². The number of carboxylic acids is 1. The van der Waals surface area contributed by atoms with Crippen LogP contribution in [0.5, 0.6) is 0 Å². The van der Waals surface area contributed by atoms with E-state index in [0.29, 0.717) is 32.6 Å². The Bertz CT molecular complexity index is 556. The van der Waals surface area contributed by atoms with Gasteiger partial charge in [0, 0.05) is 26.2 Å². The fourth-order valence-corrected chi connectivity index (χ4v) is 3.04. The summed E-state index contributed by atoms with van der Waals surface area (Å²) in [7, 11) is 0. The number of aliphatic carboxylic acids is 1. The molecule has 0 bridgehead atoms. The average Bonchev–Trinajstić information content (AvgIpc) is 2.55. The summed E-state index contributed by atoms with van der Waals surface area (Å²) >= 11 is 1.10. The largest absolute Gasteiger partial charge is 0.481 e. The molecular formula is C16H20N2O4S. The lowest BCUT2D eigenvalue weighted by molar-refractivity contribution is -0.137. The van der Waals surface area contributed by atoms with Crippen LogP contribution in [0.4, 0.5) is 0 Å². The van der Waals surface area contributed by atoms with Gasteiger partial charge in [-0.05, 0) is 5.56 Å². The van der Waals surface area contributed by atoms with Gasteiger partial charge in [-0.25, -0.2) is 0 Å². The molecule has 2 rings (SSSR count). The first kappa shape index (κ1) is 17.3. The number of hydrogen-bond donors (Lipinski definition) is 1. The number of piperazine rings is 1. The highest BCUT2D eigenvalue weighted by Gasteiger charge is 2.24. The molecule has 1 fully saturated rings. The average molecular weight is 336 g/mol. The Morgan fingerprint density at radius 3 is 2.04 bits per heavy atom. The van der Waals surface area contributed by atoms with Crippen LogP contribution in [0.1, 0.15) is 5.56 Å². The van der Waals surface area contributed by atoms with Crippen LogP contribution in [0.2, 0.25) is 0 Å². The van der Waals surface area contributed by atoms with Gasteiger partial charge in [-0.3, -0.25) is 14.4 Å². The molecular weight excluding hydrogens is 316 g/mol. The second kappa shape index (κ2) is 8.57. The summed E-state index contributed by atoms with van der Waals surface area (Å²) in [5, 5.41) is 8.56. The fourth-order valence-electron chi connectivity index (χ4n) is 2.40. The van der Waals surface area contributed by atoms with Gasteiger partial charge in [0.05, 0.1) is 17.9 Å². The minimum absolute atomic E-state index is 0.0635. The predicted octanol–water partition coefficient (Wildman–Crippen LogP) is 0.718. The van der Waals surface area contributed by atoms with Crippen LogP contribution in [0, 0.1) is 0 Å². The number of rotatable bonds is 6. The summed E-state index contributed by atoms with van der Waals surface area (Å²) in [6.07, 6.45) is 0.378. The Kier molecular flexibility index (Phi) is 6.46. The van der Waals surface area contributed by atoms with Crippen LogP contribution in [0.3, 0.4) is 0 Å². The van der Waals surface area contributed by atoms with Gasteiger partial charge >= 0.3 is 5.97 Å². The van der Waals surface area contributed by atoms with Crippen molar-refractivity contribution in [2.24, 2.45) is 0 Å². The van der Waals surface area contributed by atoms with Crippen LogP contribution >= 0.6 is 11.8 Å². The lowest BCUT2D eigenvalue weighted by Crippen LogP contribution is -2.51. The molecule has 1 N–H and O–H groups in total. The third-order valence-electron chi connectivity index (χ3n) is 3.63. The molecule has 1 aromatic rings. The van der Waals surface area contributed by atoms with Crippen molar-refractivity contribution in [1.29, 1.82) is 0 Å². The van der Waals surface area contributed by atoms with E-state index in [1.807, 2.05) is 30.3 Å². The van der Waals surface area contributed by atoms with E-state index in [0.717, 1.165) is 17.3 Å². The second-order valence-corrected chi connectivity index (χ2v) is 6.30. The lowest BCUT2D eigenvalue weighted by atomic mass is 10.1. The molecule has 0 unspecified atom stereocenters. The first-order valence-corrected chi connectivity index (χ1v) is 8.61. The third-order valence-corrected chi connectivity index (χ3v) is 4.54. The first-order valence-electron chi connectivity index (χ1n) is 7.45. The molecule has 7 heteroatoms. The summed E-state index contributed by atoms with van der Waals surface area (Å²) in [6, 6.07) is 9.59. The monoisotopic (exact) mass is 336 g/mol. The topological polar surface area (TPSA) is 77.9 Å². The molecule has 0 atom stereocenters. The minimum Gasteiger partial charge on any atom is -0.481 e. The maximum absolute atomic E-state index is 12.2. The number of carbonyl (C=O) groups is 3. The molecule has 1 saturated heterocycles. The Labute approximate surface area is 139 Å². The Morgan fingerprint density at radius 1 is 0.913 bits per heavy atom. The zero-order valence-corrected chi connectivity index (χ0v) is 13.6. The predicted molar refractivity (Wildman–Crippen MR) is 88.3 cm³/mol. The fraction of sp³-hybridized carbons (Fsp3) is 0.438. The van der Waals surface area contributed by atoms with Gasteiger partial charge in [0.2, 0.25) is 11.8 Å². The van der Waals surface area contributed by atoms with Gasteiger partial charge in [-0.1, -0.05) is 30.3 Å². The number of carboxylic acid groups (broad SMARTS) is 1. The van der Waals surface area contributed by atoms with E-state index in [2.05, 4.69) is 0 Å². The number of benzene rings is 1. The Morgan fingerprint density at radius 2 is 1.48 bits per heavy atom. The van der Waals surface area contributed by atoms with Crippen LogP contribution in [0.25, 0.3) is 0 Å². The SMILES string of the molecule is O=C(O)CSCC(=O)N1CCN(C(=O)Cc2ccccc2)CC1. The highest BCUT2D eigenvalue weighted by molar-refractivity contribution is 8.00. The van der Waals surface area contributed by atoms with E-state index in [1.165, 1.54) is 0 Å². The van der Waals surface area contributed by atoms with E-state index < -0.39 is 5.97 Å². The summed E-state index contributed by atoms with van der Waals surface area (Å²) in [5.74, 6) is -0.806. The zero-order valence-electron chi connectivity index (χ0n) is 12.8. The number of nitrogens with zero attached hydrogens (tertiary/aromatic N) is 2. The normalized spacial score (nSPS) is 14.6. The van der Waals surface area contributed by atoms with Crippen LogP contribution in [-0.4, -0.2) is 70.4 Å². The van der Waals surface area contributed by atoms with Gasteiger partial charge in [-0.2, -0.15) is 0 Å². The molecule has 23 heavy (non-hydrogen) atoms. The maximum Gasteiger partial charge on any atom is 0.313 e. The van der Waals surface area contributed by atoms with Crippen molar-refractivity contribution in [3.8, 4) is 0 Å². The molecule has 0 radical (unpaired) electrons. The van der Waals surface area contributed by atoms with Gasteiger partial charge in [0.25, 0.3) is 0 Å². The van der Waals surface area contributed by atoms with Crippen LogP contribution in [0.15, 0.2) is 30.3 Å². The summed E-state index contributed by atoms with van der Waals surface area (Å²) in [4.78, 5) is 38.1. The van der Waals surface area contributed by atoms with Crippen molar-refractivity contribution >= 4 is 29.5 Å². The molecule has 1 heterocycles. The van der Waals surface area contributed by atoms with Gasteiger partial charge < -0.3 is 14.9 Å². The van der Waals surface area contributed by atoms with Gasteiger partial charge in [0.15, 0.2) is 0 Å². The molecule has 1 aliphatic heterocycles. The molecule has 0 saturated carbocycles. The molecule has 1 aromatic carbocycles. The molecule has 1 aliphatic rings. The highest BCUT2D eigenvalue weighted by atomic mass is 32.2. The standard InChI is InChI=1S/C16H20N2O4S/c19-14(10-13-4-2-1-3-5-13)17-6-8-18(9-7-17)15(20)11-23-12-16(21)22/h1-5H,6-12H2,(H,21,22). The van der Waals surface area contributed by atoms with Crippen molar-refractivity contribution < 1.29 is 19.5 Å². The molecule has 0 aromatic heterocycles. The molecule has 124 valence electrons. The van der Waals surface area contributed by atoms with Crippen LogP contribution in [-0.2, 0) is 20.8 Å². The van der Waals surface area contributed by atoms with Gasteiger partial charge in [0.1, 0.15) is 0 Å². The van der Waals surface area contributed by atoms with Crippen molar-refractivity contribution in [3.05, 3.63) is 35.9 Å². The van der Waals surface area contributed by atoms with Crippen LogP contribution < -0.4 is 0 Å². The third kappa shape index (κ3) is 5.59. The molecule has 2 amide bonds. The van der Waals surface area contributed by atoms with E-state index in [9.17, 15) is 14.4 Å². The van der Waals surface area contributed by atoms with Crippen molar-refractivity contribution in [2.45, 2.75) is 6.42 Å². The number of carbonyl (C=O) groups excluding carboxylic acids is 2. The number of thioether (sulfide) groups is 1. The Hall–Kier alpha value is -2.02. The first-order chi connectivity index (χ1) is 11.1. The molecule has 0 spiro atoms. The molecule has 6 nitrogen and oxygen atoms in total. The maximum atomic E-state index is 12.2. The summed E-state index contributed by atoms with van der Waals surface area (Å²) in [5.41, 5.74) is 0.987. The van der Waals surface area contributed by atoms with E-state index in [-0.39, 0.29) is 23.3 Å². The van der Waals surface area contributed by atoms with E-state index >= 15 is 0 Å². The lowest BCUT2D eigenvalue weighted by Gasteiger charge is -2.34. The minimum atomic E-state index is -0.917.